The molecule has 31 heavy (non-hydrogen) atoms. The third-order valence-electron chi connectivity index (χ3n) is 4.55. The van der Waals surface area contributed by atoms with E-state index in [9.17, 15) is 9.32 Å². The average Bonchev–Trinajstić information content (AvgIpc) is 2.71. The summed E-state index contributed by atoms with van der Waals surface area (Å²) in [7, 11) is -2.24. The lowest BCUT2D eigenvalue weighted by molar-refractivity contribution is 0.385. The molecule has 0 aliphatic rings. The van der Waals surface area contributed by atoms with Gasteiger partial charge in [-0.15, -0.1) is 0 Å². The molecule has 166 valence electrons. The van der Waals surface area contributed by atoms with Gasteiger partial charge in [-0.05, 0) is 71.9 Å². The molecule has 1 aromatic heterocycles. The molecule has 0 fully saturated rings. The van der Waals surface area contributed by atoms with Gasteiger partial charge in [0.15, 0.2) is 0 Å². The molecule has 1 aromatic carbocycles. The van der Waals surface area contributed by atoms with Crippen molar-refractivity contribution in [2.45, 2.75) is 38.0 Å². The van der Waals surface area contributed by atoms with Crippen LogP contribution >= 0.6 is 0 Å². The Balaban J connectivity index is 2.21. The van der Waals surface area contributed by atoms with Crippen molar-refractivity contribution in [3.63, 3.8) is 0 Å². The highest BCUT2D eigenvalue weighted by atomic mass is 32.2. The summed E-state index contributed by atoms with van der Waals surface area (Å²) in [5.74, 6) is 5.13. The third kappa shape index (κ3) is 7.94. The van der Waals surface area contributed by atoms with Crippen molar-refractivity contribution >= 4 is 38.4 Å². The molecule has 0 saturated heterocycles. The van der Waals surface area contributed by atoms with E-state index in [-0.39, 0.29) is 5.76 Å². The number of aliphatic hydroxyl groups excluding tert-OH is 1. The maximum atomic E-state index is 12.1. The van der Waals surface area contributed by atoms with Crippen LogP contribution in [0.25, 0.3) is 5.57 Å². The normalized spacial score (nSPS) is 13.7. The summed E-state index contributed by atoms with van der Waals surface area (Å²) in [5.41, 5.74) is 2.77. The van der Waals surface area contributed by atoms with E-state index in [2.05, 4.69) is 33.1 Å². The number of anilines is 3. The van der Waals surface area contributed by atoms with Gasteiger partial charge in [0.25, 0.3) is 0 Å². The topological polar surface area (TPSA) is 87.1 Å². The van der Waals surface area contributed by atoms with Crippen LogP contribution in [0, 0.1) is 0 Å². The van der Waals surface area contributed by atoms with Gasteiger partial charge in [-0.3, -0.25) is 4.21 Å². The summed E-state index contributed by atoms with van der Waals surface area (Å²) < 4.78 is 12.1. The van der Waals surface area contributed by atoms with Crippen LogP contribution in [0.3, 0.4) is 0 Å². The minimum absolute atomic E-state index is 0.211. The lowest BCUT2D eigenvalue weighted by Crippen LogP contribution is -2.09. The maximum absolute atomic E-state index is 12.1. The maximum Gasteiger partial charge on any atom is 0.229 e. The molecule has 0 amide bonds. The molecule has 3 N–H and O–H groups in total. The highest BCUT2D eigenvalue weighted by molar-refractivity contribution is 7.99. The van der Waals surface area contributed by atoms with Gasteiger partial charge in [0, 0.05) is 41.6 Å². The molecule has 0 aliphatic carbocycles. The van der Waals surface area contributed by atoms with E-state index in [4.69, 9.17) is 0 Å². The van der Waals surface area contributed by atoms with Crippen molar-refractivity contribution in [3.05, 3.63) is 66.6 Å². The molecule has 1 heterocycles. The fourth-order valence-electron chi connectivity index (χ4n) is 2.81. The summed E-state index contributed by atoms with van der Waals surface area (Å²) in [6.45, 7) is 8.23. The molecule has 0 bridgehead atoms. The first kappa shape index (κ1) is 24.2. The van der Waals surface area contributed by atoms with E-state index in [0.29, 0.717) is 17.3 Å². The molecule has 2 aromatic rings. The minimum Gasteiger partial charge on any atom is -0.513 e. The number of unbranched alkanes of at least 4 members (excludes halogenated alkanes) is 1. The van der Waals surface area contributed by atoms with Crippen molar-refractivity contribution < 1.29 is 9.32 Å². The first-order valence-electron chi connectivity index (χ1n) is 10.2. The number of nitrogens with zero attached hydrogens (tertiary/aromatic N) is 2. The van der Waals surface area contributed by atoms with Gasteiger partial charge >= 0.3 is 0 Å². The second kappa shape index (κ2) is 11.4. The molecule has 0 saturated carbocycles. The summed E-state index contributed by atoms with van der Waals surface area (Å²) in [6.07, 6.45) is 11.7. The van der Waals surface area contributed by atoms with Gasteiger partial charge in [0.2, 0.25) is 5.95 Å². The largest absolute Gasteiger partial charge is 0.513 e. The zero-order valence-corrected chi connectivity index (χ0v) is 19.3. The van der Waals surface area contributed by atoms with Gasteiger partial charge < -0.3 is 15.7 Å². The lowest BCUT2D eigenvalue weighted by atomic mass is 10.1. The third-order valence-corrected chi connectivity index (χ3v) is 5.82. The Morgan fingerprint density at radius 1 is 1.26 bits per heavy atom. The Labute approximate surface area is 185 Å². The SMILES string of the molecule is C=C(O)CCCCNc1nc(Nc2ccc(S(=C)(C)=O)cc2)ncc1/C(C)=C/C=C\C. The van der Waals surface area contributed by atoms with E-state index >= 15 is 0 Å². The summed E-state index contributed by atoms with van der Waals surface area (Å²) in [4.78, 5) is 9.83. The van der Waals surface area contributed by atoms with Crippen molar-refractivity contribution in [2.24, 2.45) is 0 Å². The van der Waals surface area contributed by atoms with Crippen LogP contribution in [-0.4, -0.2) is 38.0 Å². The molecule has 1 atom stereocenters. The number of rotatable bonds is 11. The van der Waals surface area contributed by atoms with Gasteiger partial charge in [-0.1, -0.05) is 24.8 Å². The standard InChI is InChI=1S/C24H32N4O2S/c1-6-7-10-18(2)22-17-26-24(28-23(22)25-16-9-8-11-19(3)29)27-20-12-14-21(15-13-20)31(4,5)30/h6-7,10,12-15,17,29H,3-4,8-9,11,16H2,1-2,5H3,(H2,25,26,27,28)/b7-6-,18-10+. The van der Waals surface area contributed by atoms with Crippen molar-refractivity contribution in [2.75, 3.05) is 23.4 Å². The quantitative estimate of drug-likeness (QED) is 0.184. The van der Waals surface area contributed by atoms with Gasteiger partial charge in [0.05, 0.1) is 5.76 Å². The second-order valence-electron chi connectivity index (χ2n) is 7.44. The molecule has 2 rings (SSSR count). The molecular formula is C24H32N4O2S. The van der Waals surface area contributed by atoms with Gasteiger partial charge in [-0.25, -0.2) is 4.98 Å². The van der Waals surface area contributed by atoms with Crippen molar-refractivity contribution in [1.82, 2.24) is 9.97 Å². The van der Waals surface area contributed by atoms with Crippen LogP contribution in [0.5, 0.6) is 0 Å². The minimum atomic E-state index is -2.24. The zero-order chi connectivity index (χ0) is 22.9. The fourth-order valence-corrected chi connectivity index (χ4v) is 3.52. The number of aromatic nitrogens is 2. The van der Waals surface area contributed by atoms with Gasteiger partial charge in [0.1, 0.15) is 5.82 Å². The highest BCUT2D eigenvalue weighted by Gasteiger charge is 2.10. The molecule has 0 radical (unpaired) electrons. The number of aliphatic hydroxyl groups is 1. The smallest absolute Gasteiger partial charge is 0.229 e. The van der Waals surface area contributed by atoms with Crippen molar-refractivity contribution in [1.29, 1.82) is 0 Å². The predicted octanol–water partition coefficient (Wildman–Crippen LogP) is 5.56. The molecular weight excluding hydrogens is 408 g/mol. The summed E-state index contributed by atoms with van der Waals surface area (Å²) >= 11 is 0. The number of allylic oxidation sites excluding steroid dienone is 5. The molecule has 0 spiro atoms. The number of benzene rings is 1. The molecule has 0 aliphatic heterocycles. The second-order valence-corrected chi connectivity index (χ2v) is 9.92. The summed E-state index contributed by atoms with van der Waals surface area (Å²) in [6, 6.07) is 7.27. The molecule has 6 nitrogen and oxygen atoms in total. The number of hydrogen-bond acceptors (Lipinski definition) is 6. The highest BCUT2D eigenvalue weighted by Crippen LogP contribution is 2.24. The van der Waals surface area contributed by atoms with Crippen LogP contribution < -0.4 is 10.6 Å². The zero-order valence-electron chi connectivity index (χ0n) is 18.5. The van der Waals surface area contributed by atoms with Crippen LogP contribution in [0.2, 0.25) is 0 Å². The van der Waals surface area contributed by atoms with E-state index in [1.54, 1.807) is 24.6 Å². The van der Waals surface area contributed by atoms with Crippen molar-refractivity contribution in [3.8, 4) is 0 Å². The fraction of sp³-hybridized carbons (Fsp3) is 0.292. The van der Waals surface area contributed by atoms with Crippen LogP contribution in [0.15, 0.2) is 65.9 Å². The number of nitrogens with one attached hydrogen (secondary N) is 2. The first-order valence-corrected chi connectivity index (χ1v) is 12.3. The molecule has 1 unspecified atom stereocenters. The Kier molecular flexibility index (Phi) is 8.88. The monoisotopic (exact) mass is 440 g/mol. The van der Waals surface area contributed by atoms with E-state index in [1.165, 1.54) is 0 Å². The van der Waals surface area contributed by atoms with E-state index in [1.807, 2.05) is 44.2 Å². The van der Waals surface area contributed by atoms with E-state index < -0.39 is 9.52 Å². The Morgan fingerprint density at radius 2 is 1.97 bits per heavy atom. The van der Waals surface area contributed by atoms with Crippen LogP contribution in [-0.2, 0) is 9.52 Å². The Hall–Kier alpha value is -3.06. The first-order chi connectivity index (χ1) is 14.7. The van der Waals surface area contributed by atoms with Crippen LogP contribution in [0.1, 0.15) is 38.7 Å². The van der Waals surface area contributed by atoms with Crippen LogP contribution in [0.4, 0.5) is 17.5 Å². The Morgan fingerprint density at radius 3 is 2.58 bits per heavy atom. The molecule has 7 heteroatoms. The lowest BCUT2D eigenvalue weighted by Gasteiger charge is -2.14. The number of hydrogen-bond donors (Lipinski definition) is 3. The predicted molar refractivity (Wildman–Crippen MR) is 134 cm³/mol. The van der Waals surface area contributed by atoms with Gasteiger partial charge in [-0.2, -0.15) is 4.98 Å². The summed E-state index contributed by atoms with van der Waals surface area (Å²) in [5, 5.41) is 15.8. The van der Waals surface area contributed by atoms with E-state index in [0.717, 1.165) is 42.0 Å². The Bertz CT molecular complexity index is 1060. The average molecular weight is 441 g/mol.